The van der Waals surface area contributed by atoms with E-state index in [1.165, 1.54) is 0 Å². The second-order valence-electron chi connectivity index (χ2n) is 10.7. The summed E-state index contributed by atoms with van der Waals surface area (Å²) < 4.78 is 41.1. The van der Waals surface area contributed by atoms with Crippen molar-refractivity contribution in [1.29, 1.82) is 0 Å². The summed E-state index contributed by atoms with van der Waals surface area (Å²) in [5.74, 6) is 0.218. The summed E-state index contributed by atoms with van der Waals surface area (Å²) in [7, 11) is -3.74. The van der Waals surface area contributed by atoms with Crippen LogP contribution in [0, 0.1) is 19.8 Å². The largest absolute Gasteiger partial charge is 0.490 e. The average molecular weight is 565 g/mol. The van der Waals surface area contributed by atoms with E-state index in [1.54, 1.807) is 17.4 Å². The average Bonchev–Trinajstić information content (AvgIpc) is 3.75. The highest BCUT2D eigenvalue weighted by Crippen LogP contribution is 2.41. The Labute approximate surface area is 232 Å². The first-order valence-electron chi connectivity index (χ1n) is 13.5. The molecule has 0 bridgehead atoms. The van der Waals surface area contributed by atoms with Gasteiger partial charge in [-0.05, 0) is 87.1 Å². The van der Waals surface area contributed by atoms with Crippen molar-refractivity contribution in [2.75, 3.05) is 13.2 Å². The third kappa shape index (κ3) is 5.03. The number of ether oxygens (including phenoxy) is 2. The first-order valence-corrected chi connectivity index (χ1v) is 15.8. The lowest BCUT2D eigenvalue weighted by atomic mass is 9.94. The van der Waals surface area contributed by atoms with Gasteiger partial charge in [-0.1, -0.05) is 24.3 Å². The van der Waals surface area contributed by atoms with Crippen LogP contribution >= 0.6 is 11.3 Å². The van der Waals surface area contributed by atoms with Gasteiger partial charge >= 0.3 is 0 Å². The molecular weight excluding hydrogens is 532 g/mol. The van der Waals surface area contributed by atoms with Gasteiger partial charge in [0.25, 0.3) is 5.91 Å². The highest BCUT2D eigenvalue weighted by molar-refractivity contribution is 7.91. The van der Waals surface area contributed by atoms with Crippen molar-refractivity contribution in [3.05, 3.63) is 59.2 Å². The Balaban J connectivity index is 1.51. The van der Waals surface area contributed by atoms with Crippen LogP contribution in [0.25, 0.3) is 31.6 Å². The van der Waals surface area contributed by atoms with E-state index < -0.39 is 21.2 Å². The van der Waals surface area contributed by atoms with Crippen LogP contribution in [0.3, 0.4) is 0 Å². The van der Waals surface area contributed by atoms with Crippen molar-refractivity contribution in [3.63, 3.8) is 0 Å². The molecule has 0 radical (unpaired) electrons. The lowest BCUT2D eigenvalue weighted by molar-refractivity contribution is 0.0243. The number of hydrogen-bond donors (Lipinski definition) is 1. The standard InChI is InChI=1S/C30H32N2O5S2/c1-17-8-11-25(37-19(3)20-12-14-36-15-13-20)27-23(30(33)32-39(34,35)21-9-10-21)16-24(31-28(17)27)29-18(2)22-6-4-5-7-26(22)38-29/h4-8,11,16,19-21H,9-10,12-15H2,1-3H3,(H,32,33). The molecule has 4 aromatic rings. The zero-order chi connectivity index (χ0) is 27.3. The van der Waals surface area contributed by atoms with Crippen LogP contribution in [0.1, 0.15) is 54.1 Å². The van der Waals surface area contributed by atoms with Crippen LogP contribution in [0.5, 0.6) is 5.75 Å². The predicted octanol–water partition coefficient (Wildman–Crippen LogP) is 6.15. The third-order valence-electron chi connectivity index (χ3n) is 7.89. The number of benzene rings is 2. The van der Waals surface area contributed by atoms with Gasteiger partial charge in [0.15, 0.2) is 0 Å². The van der Waals surface area contributed by atoms with Crippen LogP contribution in [-0.4, -0.2) is 43.9 Å². The SMILES string of the molecule is Cc1c(-c2cc(C(=O)NS(=O)(=O)C3CC3)c3c(OC(C)C4CCOCC4)ccc(C)c3n2)sc2ccccc12. The highest BCUT2D eigenvalue weighted by Gasteiger charge is 2.37. The maximum atomic E-state index is 13.7. The fourth-order valence-electron chi connectivity index (χ4n) is 5.38. The summed E-state index contributed by atoms with van der Waals surface area (Å²) in [5, 5.41) is 1.17. The van der Waals surface area contributed by atoms with Crippen LogP contribution in [0.4, 0.5) is 0 Å². The number of hydrogen-bond acceptors (Lipinski definition) is 7. The molecule has 9 heteroatoms. The van der Waals surface area contributed by atoms with E-state index in [0.717, 1.165) is 38.9 Å². The number of aryl methyl sites for hydroxylation is 2. The van der Waals surface area contributed by atoms with Crippen LogP contribution in [0.2, 0.25) is 0 Å². The number of rotatable bonds is 7. The number of amides is 1. The van der Waals surface area contributed by atoms with Crippen molar-refractivity contribution in [3.8, 4) is 16.3 Å². The van der Waals surface area contributed by atoms with Crippen LogP contribution < -0.4 is 9.46 Å². The Bertz CT molecular complexity index is 1680. The van der Waals surface area contributed by atoms with E-state index in [-0.39, 0.29) is 11.7 Å². The number of pyridine rings is 1. The molecule has 1 unspecified atom stereocenters. The molecule has 1 N–H and O–H groups in total. The van der Waals surface area contributed by atoms with Crippen molar-refractivity contribution in [1.82, 2.24) is 9.71 Å². The maximum absolute atomic E-state index is 13.7. The number of fused-ring (bicyclic) bond motifs is 2. The summed E-state index contributed by atoms with van der Waals surface area (Å²) in [6.07, 6.45) is 2.86. The fourth-order valence-corrected chi connectivity index (χ4v) is 7.84. The molecule has 1 saturated carbocycles. The first kappa shape index (κ1) is 26.2. The van der Waals surface area contributed by atoms with Gasteiger partial charge in [0.1, 0.15) is 5.75 Å². The predicted molar refractivity (Wildman–Crippen MR) is 155 cm³/mol. The Morgan fingerprint density at radius 1 is 1.10 bits per heavy atom. The zero-order valence-corrected chi connectivity index (χ0v) is 24.0. The smallest absolute Gasteiger partial charge is 0.265 e. The van der Waals surface area contributed by atoms with Gasteiger partial charge < -0.3 is 9.47 Å². The third-order valence-corrected chi connectivity index (χ3v) is 11.0. The molecule has 1 saturated heterocycles. The highest BCUT2D eigenvalue weighted by atomic mass is 32.2. The van der Waals surface area contributed by atoms with E-state index in [0.29, 0.717) is 54.3 Å². The molecule has 2 aliphatic rings. The molecule has 204 valence electrons. The van der Waals surface area contributed by atoms with Crippen molar-refractivity contribution < 1.29 is 22.7 Å². The van der Waals surface area contributed by atoms with Gasteiger partial charge in [-0.25, -0.2) is 18.1 Å². The minimum absolute atomic E-state index is 0.101. The molecule has 1 aliphatic heterocycles. The molecule has 1 amide bonds. The lowest BCUT2D eigenvalue weighted by Crippen LogP contribution is -2.33. The maximum Gasteiger partial charge on any atom is 0.265 e. The second-order valence-corrected chi connectivity index (χ2v) is 13.7. The fraction of sp³-hybridized carbons (Fsp3) is 0.400. The summed E-state index contributed by atoms with van der Waals surface area (Å²) in [6.45, 7) is 7.46. The van der Waals surface area contributed by atoms with Gasteiger partial charge in [-0.15, -0.1) is 11.3 Å². The topological polar surface area (TPSA) is 94.6 Å². The lowest BCUT2D eigenvalue weighted by Gasteiger charge is -2.29. The Kier molecular flexibility index (Phi) is 6.85. The molecule has 1 atom stereocenters. The summed E-state index contributed by atoms with van der Waals surface area (Å²) in [6, 6.07) is 13.7. The molecule has 39 heavy (non-hydrogen) atoms. The van der Waals surface area contributed by atoms with Gasteiger partial charge in [0.05, 0.1) is 38.4 Å². The number of thiophene rings is 1. The molecule has 2 fully saturated rings. The minimum atomic E-state index is -3.74. The number of aromatic nitrogens is 1. The number of nitrogens with zero attached hydrogens (tertiary/aromatic N) is 1. The number of nitrogens with one attached hydrogen (secondary N) is 1. The molecular formula is C30H32N2O5S2. The molecule has 2 aromatic carbocycles. The van der Waals surface area contributed by atoms with Crippen molar-refractivity contribution >= 4 is 48.3 Å². The van der Waals surface area contributed by atoms with Gasteiger partial charge in [0.2, 0.25) is 10.0 Å². The van der Waals surface area contributed by atoms with E-state index in [9.17, 15) is 13.2 Å². The van der Waals surface area contributed by atoms with Crippen LogP contribution in [-0.2, 0) is 14.8 Å². The first-order chi connectivity index (χ1) is 18.7. The second kappa shape index (κ2) is 10.2. The Morgan fingerprint density at radius 3 is 2.56 bits per heavy atom. The molecule has 0 spiro atoms. The van der Waals surface area contributed by atoms with Gasteiger partial charge in [-0.2, -0.15) is 0 Å². The zero-order valence-electron chi connectivity index (χ0n) is 22.3. The molecule has 7 nitrogen and oxygen atoms in total. The van der Waals surface area contributed by atoms with Gasteiger partial charge in [-0.3, -0.25) is 4.79 Å². The number of sulfonamides is 1. The van der Waals surface area contributed by atoms with Gasteiger partial charge in [0, 0.05) is 17.9 Å². The quantitative estimate of drug-likeness (QED) is 0.289. The molecule has 6 rings (SSSR count). The minimum Gasteiger partial charge on any atom is -0.490 e. The monoisotopic (exact) mass is 564 g/mol. The Morgan fingerprint density at radius 2 is 1.85 bits per heavy atom. The summed E-state index contributed by atoms with van der Waals surface area (Å²) in [5.41, 5.74) is 3.50. The number of carbonyl (C=O) groups excluding carboxylic acids is 1. The molecule has 3 heterocycles. The van der Waals surface area contributed by atoms with E-state index in [4.69, 9.17) is 14.5 Å². The van der Waals surface area contributed by atoms with E-state index in [2.05, 4.69) is 23.8 Å². The van der Waals surface area contributed by atoms with Crippen molar-refractivity contribution in [2.45, 2.75) is 57.8 Å². The summed E-state index contributed by atoms with van der Waals surface area (Å²) >= 11 is 1.62. The number of carbonyl (C=O) groups is 1. The van der Waals surface area contributed by atoms with Crippen LogP contribution in [0.15, 0.2) is 42.5 Å². The van der Waals surface area contributed by atoms with E-state index >= 15 is 0 Å². The molecule has 1 aliphatic carbocycles. The normalized spacial score (nSPS) is 17.4. The van der Waals surface area contributed by atoms with E-state index in [1.807, 2.05) is 38.1 Å². The summed E-state index contributed by atoms with van der Waals surface area (Å²) in [4.78, 5) is 19.7. The van der Waals surface area contributed by atoms with Crippen molar-refractivity contribution in [2.24, 2.45) is 5.92 Å². The Hall–Kier alpha value is -3.01. The molecule has 2 aromatic heterocycles.